The predicted molar refractivity (Wildman–Crippen MR) is 69.5 cm³/mol. The van der Waals surface area contributed by atoms with Crippen LogP contribution >= 0.6 is 0 Å². The average molecular weight is 230 g/mol. The van der Waals surface area contributed by atoms with Crippen molar-refractivity contribution < 1.29 is 10.2 Å². The Morgan fingerprint density at radius 2 is 1.31 bits per heavy atom. The van der Waals surface area contributed by atoms with Crippen LogP contribution < -0.4 is 0 Å². The van der Waals surface area contributed by atoms with Gasteiger partial charge >= 0.3 is 0 Å². The summed E-state index contributed by atoms with van der Waals surface area (Å²) >= 11 is 0. The first-order valence-electron chi connectivity index (χ1n) is 7.06. The zero-order valence-corrected chi connectivity index (χ0v) is 11.0. The highest BCUT2D eigenvalue weighted by atomic mass is 16.3. The van der Waals surface area contributed by atoms with Crippen LogP contribution in [0.15, 0.2) is 0 Å². The number of hydrogen-bond acceptors (Lipinski definition) is 2. The molecular weight excluding hydrogens is 200 g/mol. The summed E-state index contributed by atoms with van der Waals surface area (Å²) in [5, 5.41) is 17.9. The molecule has 0 heterocycles. The van der Waals surface area contributed by atoms with E-state index in [0.717, 1.165) is 12.8 Å². The van der Waals surface area contributed by atoms with Crippen molar-refractivity contribution in [1.29, 1.82) is 0 Å². The molecule has 0 aliphatic rings. The van der Waals surface area contributed by atoms with Gasteiger partial charge in [-0.15, -0.1) is 0 Å². The molecule has 0 aromatic rings. The Morgan fingerprint density at radius 1 is 0.750 bits per heavy atom. The van der Waals surface area contributed by atoms with E-state index in [4.69, 9.17) is 5.11 Å². The Morgan fingerprint density at radius 3 is 1.88 bits per heavy atom. The molecule has 98 valence electrons. The van der Waals surface area contributed by atoms with E-state index in [0.29, 0.717) is 19.1 Å². The summed E-state index contributed by atoms with van der Waals surface area (Å²) in [5.41, 5.74) is 0. The minimum atomic E-state index is 0.330. The standard InChI is InChI=1S/C14H30O2/c1-2-3-7-10-14(13-16)11-8-5-4-6-9-12-15/h14-16H,2-13H2,1H3. The fourth-order valence-corrected chi connectivity index (χ4v) is 2.09. The normalized spacial score (nSPS) is 12.9. The summed E-state index contributed by atoms with van der Waals surface area (Å²) in [5.74, 6) is 0.532. The lowest BCUT2D eigenvalue weighted by Gasteiger charge is -2.13. The second-order valence-corrected chi connectivity index (χ2v) is 4.82. The Kier molecular flexibility index (Phi) is 12.9. The van der Waals surface area contributed by atoms with E-state index in [2.05, 4.69) is 6.92 Å². The molecule has 0 radical (unpaired) electrons. The summed E-state index contributed by atoms with van der Waals surface area (Å²) in [7, 11) is 0. The summed E-state index contributed by atoms with van der Waals surface area (Å²) in [4.78, 5) is 0. The lowest BCUT2D eigenvalue weighted by atomic mass is 9.95. The van der Waals surface area contributed by atoms with E-state index in [-0.39, 0.29) is 0 Å². The topological polar surface area (TPSA) is 40.5 Å². The lowest BCUT2D eigenvalue weighted by Crippen LogP contribution is -2.06. The third-order valence-corrected chi connectivity index (χ3v) is 3.24. The Balaban J connectivity index is 3.26. The van der Waals surface area contributed by atoms with E-state index >= 15 is 0 Å². The first-order chi connectivity index (χ1) is 7.85. The van der Waals surface area contributed by atoms with Gasteiger partial charge in [0.25, 0.3) is 0 Å². The van der Waals surface area contributed by atoms with Crippen LogP contribution in [0.1, 0.15) is 71.1 Å². The average Bonchev–Trinajstić information content (AvgIpc) is 2.31. The van der Waals surface area contributed by atoms with Crippen molar-refractivity contribution in [3.05, 3.63) is 0 Å². The molecule has 2 nitrogen and oxygen atoms in total. The molecule has 0 saturated heterocycles. The SMILES string of the molecule is CCCCCC(CO)CCCCCCCO. The highest BCUT2D eigenvalue weighted by Crippen LogP contribution is 2.17. The molecule has 0 aromatic carbocycles. The van der Waals surface area contributed by atoms with E-state index in [1.165, 1.54) is 51.4 Å². The fourth-order valence-electron chi connectivity index (χ4n) is 2.09. The van der Waals surface area contributed by atoms with Crippen molar-refractivity contribution in [2.24, 2.45) is 5.92 Å². The van der Waals surface area contributed by atoms with Crippen LogP contribution in [0.25, 0.3) is 0 Å². The molecule has 0 aliphatic carbocycles. The van der Waals surface area contributed by atoms with Gasteiger partial charge in [-0.05, 0) is 25.2 Å². The van der Waals surface area contributed by atoms with E-state index in [1.807, 2.05) is 0 Å². The molecule has 1 atom stereocenters. The molecule has 1 unspecified atom stereocenters. The third kappa shape index (κ3) is 10.4. The van der Waals surface area contributed by atoms with Crippen LogP contribution in [0.2, 0.25) is 0 Å². The maximum absolute atomic E-state index is 9.23. The van der Waals surface area contributed by atoms with Crippen molar-refractivity contribution in [3.63, 3.8) is 0 Å². The number of unbranched alkanes of at least 4 members (excludes halogenated alkanes) is 6. The van der Waals surface area contributed by atoms with Gasteiger partial charge in [-0.25, -0.2) is 0 Å². The monoisotopic (exact) mass is 230 g/mol. The Labute approximate surface area is 101 Å². The highest BCUT2D eigenvalue weighted by molar-refractivity contribution is 4.58. The van der Waals surface area contributed by atoms with Gasteiger partial charge in [-0.3, -0.25) is 0 Å². The summed E-state index contributed by atoms with van der Waals surface area (Å²) in [6.45, 7) is 2.91. The minimum absolute atomic E-state index is 0.330. The fraction of sp³-hybridized carbons (Fsp3) is 1.00. The Bertz CT molecular complexity index is 126. The predicted octanol–water partition coefficient (Wildman–Crippen LogP) is 3.51. The zero-order chi connectivity index (χ0) is 12.1. The number of hydrogen-bond donors (Lipinski definition) is 2. The maximum Gasteiger partial charge on any atom is 0.0459 e. The van der Waals surface area contributed by atoms with Gasteiger partial charge in [0.15, 0.2) is 0 Å². The van der Waals surface area contributed by atoms with Gasteiger partial charge in [0, 0.05) is 13.2 Å². The molecule has 2 N–H and O–H groups in total. The number of aliphatic hydroxyl groups is 2. The van der Waals surface area contributed by atoms with Gasteiger partial charge in [0.2, 0.25) is 0 Å². The van der Waals surface area contributed by atoms with Crippen LogP contribution in [0.4, 0.5) is 0 Å². The smallest absolute Gasteiger partial charge is 0.0459 e. The Hall–Kier alpha value is -0.0800. The summed E-state index contributed by atoms with van der Waals surface area (Å²) < 4.78 is 0. The second kappa shape index (κ2) is 13.0. The first-order valence-corrected chi connectivity index (χ1v) is 7.06. The molecule has 16 heavy (non-hydrogen) atoms. The van der Waals surface area contributed by atoms with Crippen LogP contribution in [0.3, 0.4) is 0 Å². The molecular formula is C14H30O2. The van der Waals surface area contributed by atoms with Crippen molar-refractivity contribution in [2.75, 3.05) is 13.2 Å². The molecule has 0 spiro atoms. The van der Waals surface area contributed by atoms with E-state index in [9.17, 15) is 5.11 Å². The molecule has 0 bridgehead atoms. The van der Waals surface area contributed by atoms with Crippen molar-refractivity contribution in [3.8, 4) is 0 Å². The van der Waals surface area contributed by atoms with Crippen LogP contribution in [-0.2, 0) is 0 Å². The molecule has 0 amide bonds. The zero-order valence-electron chi connectivity index (χ0n) is 11.0. The molecule has 0 fully saturated rings. The summed E-state index contributed by atoms with van der Waals surface area (Å²) in [6.07, 6.45) is 12.0. The maximum atomic E-state index is 9.23. The van der Waals surface area contributed by atoms with Gasteiger partial charge < -0.3 is 10.2 Å². The molecule has 0 aliphatic heterocycles. The first kappa shape index (κ1) is 15.9. The van der Waals surface area contributed by atoms with Gasteiger partial charge in [0.05, 0.1) is 0 Å². The van der Waals surface area contributed by atoms with E-state index < -0.39 is 0 Å². The van der Waals surface area contributed by atoms with Crippen LogP contribution in [0.5, 0.6) is 0 Å². The quantitative estimate of drug-likeness (QED) is 0.504. The summed E-state index contributed by atoms with van der Waals surface area (Å²) in [6, 6.07) is 0. The highest BCUT2D eigenvalue weighted by Gasteiger charge is 2.06. The van der Waals surface area contributed by atoms with E-state index in [1.54, 1.807) is 0 Å². The van der Waals surface area contributed by atoms with Gasteiger partial charge in [-0.1, -0.05) is 51.9 Å². The van der Waals surface area contributed by atoms with Gasteiger partial charge in [-0.2, -0.15) is 0 Å². The molecule has 0 aromatic heterocycles. The molecule has 2 heteroatoms. The third-order valence-electron chi connectivity index (χ3n) is 3.24. The lowest BCUT2D eigenvalue weighted by molar-refractivity contribution is 0.204. The second-order valence-electron chi connectivity index (χ2n) is 4.82. The van der Waals surface area contributed by atoms with Crippen molar-refractivity contribution in [2.45, 2.75) is 71.1 Å². The van der Waals surface area contributed by atoms with Crippen LogP contribution in [0, 0.1) is 5.92 Å². The number of aliphatic hydroxyl groups excluding tert-OH is 2. The van der Waals surface area contributed by atoms with Crippen LogP contribution in [-0.4, -0.2) is 23.4 Å². The number of rotatable bonds is 12. The van der Waals surface area contributed by atoms with Crippen molar-refractivity contribution in [1.82, 2.24) is 0 Å². The van der Waals surface area contributed by atoms with Crippen molar-refractivity contribution >= 4 is 0 Å². The molecule has 0 saturated carbocycles. The largest absolute Gasteiger partial charge is 0.396 e. The minimum Gasteiger partial charge on any atom is -0.396 e. The van der Waals surface area contributed by atoms with Gasteiger partial charge in [0.1, 0.15) is 0 Å². The molecule has 0 rings (SSSR count).